The maximum Gasteiger partial charge on any atom is 0.268 e. The highest BCUT2D eigenvalue weighted by atomic mass is 19.1. The third kappa shape index (κ3) is 2.30. The van der Waals surface area contributed by atoms with Crippen LogP contribution in [0.2, 0.25) is 0 Å². The molecule has 3 rings (SSSR count). The lowest BCUT2D eigenvalue weighted by molar-refractivity contribution is 0.0996. The molecular formula is C15H11FN4O3. The van der Waals surface area contributed by atoms with Gasteiger partial charge in [0.1, 0.15) is 22.8 Å². The number of carbonyl (C=O) groups excluding carboxylic acids is 1. The summed E-state index contributed by atoms with van der Waals surface area (Å²) in [6.45, 7) is 0. The van der Waals surface area contributed by atoms with Crippen LogP contribution in [0.25, 0.3) is 22.4 Å². The highest BCUT2D eigenvalue weighted by Crippen LogP contribution is 2.26. The second kappa shape index (κ2) is 5.16. The molecule has 7 nitrogen and oxygen atoms in total. The van der Waals surface area contributed by atoms with Crippen molar-refractivity contribution in [2.75, 3.05) is 0 Å². The first kappa shape index (κ1) is 14.6. The van der Waals surface area contributed by atoms with Crippen molar-refractivity contribution < 1.29 is 14.3 Å². The number of fused-ring (bicyclic) bond motifs is 1. The number of rotatable bonds is 2. The number of hydrogen-bond donors (Lipinski definition) is 2. The minimum Gasteiger partial charge on any atom is -0.506 e. The molecule has 1 amide bonds. The average Bonchev–Trinajstić information content (AvgIpc) is 2.52. The fourth-order valence-corrected chi connectivity index (χ4v) is 2.28. The molecule has 116 valence electrons. The van der Waals surface area contributed by atoms with Crippen LogP contribution in [0.1, 0.15) is 10.4 Å². The molecule has 2 aromatic heterocycles. The number of nitrogens with zero attached hydrogens (tertiary/aromatic N) is 3. The number of aromatic nitrogens is 3. The minimum absolute atomic E-state index is 0.0982. The molecule has 0 fully saturated rings. The fraction of sp³-hybridized carbons (Fsp3) is 0.0667. The van der Waals surface area contributed by atoms with E-state index in [4.69, 9.17) is 5.73 Å². The first-order valence-corrected chi connectivity index (χ1v) is 6.54. The molecule has 8 heteroatoms. The van der Waals surface area contributed by atoms with Gasteiger partial charge in [0.25, 0.3) is 11.5 Å². The Morgan fingerprint density at radius 3 is 2.78 bits per heavy atom. The lowest BCUT2D eigenvalue weighted by Crippen LogP contribution is -2.29. The van der Waals surface area contributed by atoms with Gasteiger partial charge in [-0.15, -0.1) is 0 Å². The molecule has 0 saturated heterocycles. The lowest BCUT2D eigenvalue weighted by atomic mass is 10.1. The number of aromatic hydroxyl groups is 1. The molecular weight excluding hydrogens is 303 g/mol. The van der Waals surface area contributed by atoms with Gasteiger partial charge in [-0.3, -0.25) is 14.2 Å². The van der Waals surface area contributed by atoms with Crippen molar-refractivity contribution in [3.05, 3.63) is 52.2 Å². The monoisotopic (exact) mass is 314 g/mol. The van der Waals surface area contributed by atoms with Crippen molar-refractivity contribution >= 4 is 16.9 Å². The molecule has 0 saturated carbocycles. The van der Waals surface area contributed by atoms with Crippen LogP contribution in [0.3, 0.4) is 0 Å². The van der Waals surface area contributed by atoms with Crippen molar-refractivity contribution in [1.29, 1.82) is 0 Å². The Kier molecular flexibility index (Phi) is 3.29. The van der Waals surface area contributed by atoms with E-state index in [0.29, 0.717) is 5.56 Å². The molecule has 1 aromatic carbocycles. The van der Waals surface area contributed by atoms with E-state index in [1.54, 1.807) is 6.07 Å². The molecule has 23 heavy (non-hydrogen) atoms. The fourth-order valence-electron chi connectivity index (χ4n) is 2.28. The zero-order valence-electron chi connectivity index (χ0n) is 11.9. The highest BCUT2D eigenvalue weighted by Gasteiger charge is 2.20. The van der Waals surface area contributed by atoms with E-state index in [0.717, 1.165) is 4.57 Å². The van der Waals surface area contributed by atoms with Crippen molar-refractivity contribution in [3.8, 4) is 17.1 Å². The molecule has 0 bridgehead atoms. The van der Waals surface area contributed by atoms with Gasteiger partial charge in [0.2, 0.25) is 0 Å². The van der Waals surface area contributed by atoms with Crippen LogP contribution in [0.4, 0.5) is 4.39 Å². The van der Waals surface area contributed by atoms with Crippen molar-refractivity contribution in [2.45, 2.75) is 0 Å². The summed E-state index contributed by atoms with van der Waals surface area (Å²) in [5.41, 5.74) is 4.34. The predicted octanol–water partition coefficient (Wildman–Crippen LogP) is 0.939. The summed E-state index contributed by atoms with van der Waals surface area (Å²) in [7, 11) is 1.39. The summed E-state index contributed by atoms with van der Waals surface area (Å²) in [4.78, 5) is 31.7. The van der Waals surface area contributed by atoms with E-state index in [1.165, 1.54) is 31.4 Å². The Labute approximate surface area is 128 Å². The average molecular weight is 314 g/mol. The number of primary amides is 1. The first-order valence-electron chi connectivity index (χ1n) is 6.54. The van der Waals surface area contributed by atoms with Gasteiger partial charge < -0.3 is 10.8 Å². The molecule has 0 aliphatic rings. The molecule has 3 N–H and O–H groups in total. The third-order valence-electron chi connectivity index (χ3n) is 3.43. The second-order valence-electron chi connectivity index (χ2n) is 4.89. The Morgan fingerprint density at radius 2 is 2.13 bits per heavy atom. The van der Waals surface area contributed by atoms with Crippen LogP contribution in [0.5, 0.6) is 5.75 Å². The molecule has 0 radical (unpaired) electrons. The van der Waals surface area contributed by atoms with Crippen molar-refractivity contribution in [1.82, 2.24) is 14.5 Å². The summed E-state index contributed by atoms with van der Waals surface area (Å²) < 4.78 is 14.4. The normalized spacial score (nSPS) is 10.9. The number of halogens is 1. The van der Waals surface area contributed by atoms with E-state index in [1.807, 2.05) is 0 Å². The highest BCUT2D eigenvalue weighted by molar-refractivity contribution is 6.00. The first-order chi connectivity index (χ1) is 10.9. The Bertz CT molecular complexity index is 1010. The van der Waals surface area contributed by atoms with Crippen LogP contribution in [-0.2, 0) is 7.05 Å². The van der Waals surface area contributed by atoms with Crippen LogP contribution < -0.4 is 11.3 Å². The number of benzene rings is 1. The Morgan fingerprint density at radius 1 is 1.39 bits per heavy atom. The third-order valence-corrected chi connectivity index (χ3v) is 3.43. The number of aryl methyl sites for hydroxylation is 1. The largest absolute Gasteiger partial charge is 0.506 e. The molecule has 0 spiro atoms. The summed E-state index contributed by atoms with van der Waals surface area (Å²) in [5.74, 6) is -1.88. The topological polar surface area (TPSA) is 111 Å². The number of carbonyl (C=O) groups is 1. The van der Waals surface area contributed by atoms with Gasteiger partial charge in [0.05, 0.1) is 5.39 Å². The molecule has 0 aliphatic heterocycles. The lowest BCUT2D eigenvalue weighted by Gasteiger charge is -2.10. The number of nitrogens with two attached hydrogens (primary N) is 1. The van der Waals surface area contributed by atoms with Gasteiger partial charge >= 0.3 is 0 Å². The maximum atomic E-state index is 13.3. The summed E-state index contributed by atoms with van der Waals surface area (Å²) in [6.07, 6.45) is 1.25. The zero-order valence-corrected chi connectivity index (χ0v) is 11.9. The zero-order chi connectivity index (χ0) is 16.7. The molecule has 3 aromatic rings. The SMILES string of the molecule is Cn1c(=O)c(C(N)=O)c(O)c2cnc(-c3cccc(F)c3)nc21. The quantitative estimate of drug-likeness (QED) is 0.731. The van der Waals surface area contributed by atoms with Gasteiger partial charge in [-0.05, 0) is 12.1 Å². The van der Waals surface area contributed by atoms with Gasteiger partial charge in [-0.2, -0.15) is 0 Å². The number of pyridine rings is 1. The van der Waals surface area contributed by atoms with Crippen molar-refractivity contribution in [3.63, 3.8) is 0 Å². The van der Waals surface area contributed by atoms with E-state index in [-0.39, 0.29) is 16.9 Å². The maximum absolute atomic E-state index is 13.3. The number of amides is 1. The van der Waals surface area contributed by atoms with Crippen molar-refractivity contribution in [2.24, 2.45) is 12.8 Å². The Balaban J connectivity index is 2.34. The number of hydrogen-bond acceptors (Lipinski definition) is 5. The summed E-state index contributed by atoms with van der Waals surface area (Å²) in [5, 5.41) is 10.2. The van der Waals surface area contributed by atoms with Gasteiger partial charge in [0, 0.05) is 18.8 Å². The van der Waals surface area contributed by atoms with E-state index in [9.17, 15) is 19.1 Å². The second-order valence-corrected chi connectivity index (χ2v) is 4.89. The van der Waals surface area contributed by atoms with Crippen LogP contribution >= 0.6 is 0 Å². The van der Waals surface area contributed by atoms with E-state index >= 15 is 0 Å². The predicted molar refractivity (Wildman–Crippen MR) is 80.4 cm³/mol. The van der Waals surface area contributed by atoms with Crippen LogP contribution in [0, 0.1) is 5.82 Å². The summed E-state index contributed by atoms with van der Waals surface area (Å²) >= 11 is 0. The summed E-state index contributed by atoms with van der Waals surface area (Å²) in [6, 6.07) is 5.65. The van der Waals surface area contributed by atoms with E-state index in [2.05, 4.69) is 9.97 Å². The van der Waals surface area contributed by atoms with Gasteiger partial charge in [-0.1, -0.05) is 12.1 Å². The molecule has 0 aliphatic carbocycles. The standard InChI is InChI=1S/C15H11FN4O3/c1-20-14-9(11(21)10(12(17)22)15(20)23)6-18-13(19-14)7-3-2-4-8(16)5-7/h2-6,21H,1H3,(H2,17,22). The Hall–Kier alpha value is -3.29. The van der Waals surface area contributed by atoms with Gasteiger partial charge in [0.15, 0.2) is 5.82 Å². The van der Waals surface area contributed by atoms with Gasteiger partial charge in [-0.25, -0.2) is 14.4 Å². The van der Waals surface area contributed by atoms with E-state index < -0.39 is 28.6 Å². The smallest absolute Gasteiger partial charge is 0.268 e. The minimum atomic E-state index is -1.04. The molecule has 0 atom stereocenters. The van der Waals surface area contributed by atoms with Crippen LogP contribution in [-0.4, -0.2) is 25.5 Å². The van der Waals surface area contributed by atoms with Crippen LogP contribution in [0.15, 0.2) is 35.3 Å². The molecule has 0 unspecified atom stereocenters. The molecule has 2 heterocycles.